The third kappa shape index (κ3) is 7.05. The third-order valence-electron chi connectivity index (χ3n) is 2.50. The maximum absolute atomic E-state index is 5.45. The molecule has 0 saturated carbocycles. The first-order chi connectivity index (χ1) is 8.02. The van der Waals surface area contributed by atoms with Crippen LogP contribution in [0.15, 0.2) is 15.3 Å². The van der Waals surface area contributed by atoms with Crippen LogP contribution in [0.3, 0.4) is 0 Å². The molecular formula is C12H26N4O. The van der Waals surface area contributed by atoms with E-state index in [2.05, 4.69) is 22.3 Å². The third-order valence-corrected chi connectivity index (χ3v) is 2.50. The van der Waals surface area contributed by atoms with Crippen molar-refractivity contribution >= 4 is 6.21 Å². The molecule has 100 valence electrons. The Kier molecular flexibility index (Phi) is 8.58. The zero-order chi connectivity index (χ0) is 13.3. The van der Waals surface area contributed by atoms with Gasteiger partial charge in [0.25, 0.3) is 0 Å². The molecule has 5 nitrogen and oxygen atoms in total. The standard InChI is InChI=1S/C12H26N4O/c1-7-13-9-8-12(17-6)11(4)16(5)15-14-10(2)3/h9-12H,7-8H2,1-6H3/b13-9-,15-14-/t11-,12?/m0/s1. The lowest BCUT2D eigenvalue weighted by Gasteiger charge is -2.27. The topological polar surface area (TPSA) is 49.5 Å². The van der Waals surface area contributed by atoms with Gasteiger partial charge in [-0.15, -0.1) is 0 Å². The summed E-state index contributed by atoms with van der Waals surface area (Å²) in [7, 11) is 3.63. The largest absolute Gasteiger partial charge is 0.379 e. The molecule has 0 bridgehead atoms. The molecule has 1 unspecified atom stereocenters. The highest BCUT2D eigenvalue weighted by Gasteiger charge is 2.19. The minimum absolute atomic E-state index is 0.0846. The monoisotopic (exact) mass is 242 g/mol. The van der Waals surface area contributed by atoms with Gasteiger partial charge in [0, 0.05) is 33.3 Å². The van der Waals surface area contributed by atoms with Gasteiger partial charge in [-0.3, -0.25) is 10.0 Å². The summed E-state index contributed by atoms with van der Waals surface area (Å²) < 4.78 is 5.45. The molecule has 0 amide bonds. The van der Waals surface area contributed by atoms with E-state index in [1.807, 2.05) is 39.0 Å². The molecule has 0 saturated heterocycles. The Labute approximate surface area is 105 Å². The lowest BCUT2D eigenvalue weighted by atomic mass is 10.1. The minimum atomic E-state index is 0.0846. The molecule has 0 aliphatic carbocycles. The van der Waals surface area contributed by atoms with Crippen LogP contribution in [-0.4, -0.2) is 50.1 Å². The summed E-state index contributed by atoms with van der Waals surface area (Å²) in [5.74, 6) is 0. The summed E-state index contributed by atoms with van der Waals surface area (Å²) >= 11 is 0. The molecule has 0 aromatic heterocycles. The maximum Gasteiger partial charge on any atom is 0.0838 e. The van der Waals surface area contributed by atoms with Gasteiger partial charge in [-0.05, 0) is 27.7 Å². The number of aliphatic imine (C=N–C) groups is 1. The van der Waals surface area contributed by atoms with Gasteiger partial charge in [0.1, 0.15) is 0 Å². The van der Waals surface area contributed by atoms with Crippen LogP contribution in [0, 0.1) is 0 Å². The average molecular weight is 242 g/mol. The van der Waals surface area contributed by atoms with Crippen molar-refractivity contribution in [2.24, 2.45) is 15.3 Å². The van der Waals surface area contributed by atoms with E-state index in [-0.39, 0.29) is 18.2 Å². The van der Waals surface area contributed by atoms with Gasteiger partial charge < -0.3 is 4.74 Å². The molecule has 0 aromatic carbocycles. The minimum Gasteiger partial charge on any atom is -0.379 e. The van der Waals surface area contributed by atoms with Crippen LogP contribution >= 0.6 is 0 Å². The number of nitrogens with zero attached hydrogens (tertiary/aromatic N) is 4. The smallest absolute Gasteiger partial charge is 0.0838 e. The highest BCUT2D eigenvalue weighted by Crippen LogP contribution is 2.09. The van der Waals surface area contributed by atoms with Crippen molar-refractivity contribution in [1.82, 2.24) is 5.01 Å². The summed E-state index contributed by atoms with van der Waals surface area (Å²) in [6.45, 7) is 8.92. The van der Waals surface area contributed by atoms with E-state index in [0.29, 0.717) is 0 Å². The Morgan fingerprint density at radius 1 is 1.29 bits per heavy atom. The van der Waals surface area contributed by atoms with Gasteiger partial charge in [0.05, 0.1) is 18.2 Å². The van der Waals surface area contributed by atoms with Crippen LogP contribution in [0.4, 0.5) is 0 Å². The van der Waals surface area contributed by atoms with Crippen LogP contribution < -0.4 is 0 Å². The fourth-order valence-electron chi connectivity index (χ4n) is 1.30. The molecule has 0 N–H and O–H groups in total. The van der Waals surface area contributed by atoms with Gasteiger partial charge in [0.15, 0.2) is 0 Å². The maximum atomic E-state index is 5.45. The average Bonchev–Trinajstić information content (AvgIpc) is 2.31. The van der Waals surface area contributed by atoms with E-state index in [9.17, 15) is 0 Å². The first-order valence-electron chi connectivity index (χ1n) is 6.17. The fraction of sp³-hybridized carbons (Fsp3) is 0.917. The fourth-order valence-corrected chi connectivity index (χ4v) is 1.30. The number of hydrogen-bond donors (Lipinski definition) is 0. The van der Waals surface area contributed by atoms with Crippen LogP contribution in [0.1, 0.15) is 34.1 Å². The molecule has 0 rings (SSSR count). The van der Waals surface area contributed by atoms with E-state index in [1.54, 1.807) is 7.11 Å². The van der Waals surface area contributed by atoms with E-state index >= 15 is 0 Å². The summed E-state index contributed by atoms with van der Waals surface area (Å²) in [5, 5.41) is 10.1. The van der Waals surface area contributed by atoms with Crippen molar-refractivity contribution in [3.63, 3.8) is 0 Å². The molecule has 0 spiro atoms. The van der Waals surface area contributed by atoms with Gasteiger partial charge in [-0.2, -0.15) is 5.11 Å². The van der Waals surface area contributed by atoms with E-state index in [1.165, 1.54) is 0 Å². The molecule has 0 aliphatic rings. The predicted molar refractivity (Wildman–Crippen MR) is 71.7 cm³/mol. The Bertz CT molecular complexity index is 241. The lowest BCUT2D eigenvalue weighted by molar-refractivity contribution is 0.0340. The Balaban J connectivity index is 4.31. The van der Waals surface area contributed by atoms with Gasteiger partial charge in [-0.25, -0.2) is 0 Å². The zero-order valence-electron chi connectivity index (χ0n) is 11.9. The van der Waals surface area contributed by atoms with E-state index < -0.39 is 0 Å². The van der Waals surface area contributed by atoms with Crippen molar-refractivity contribution in [2.45, 2.75) is 52.3 Å². The Hall–Kier alpha value is -0.970. The molecular weight excluding hydrogens is 216 g/mol. The van der Waals surface area contributed by atoms with Crippen LogP contribution in [0.25, 0.3) is 0 Å². The second kappa shape index (κ2) is 9.10. The number of rotatable bonds is 8. The second-order valence-corrected chi connectivity index (χ2v) is 4.30. The summed E-state index contributed by atoms with van der Waals surface area (Å²) in [6, 6.07) is 0.387. The van der Waals surface area contributed by atoms with E-state index in [0.717, 1.165) is 13.0 Å². The highest BCUT2D eigenvalue weighted by molar-refractivity contribution is 5.57. The molecule has 0 radical (unpaired) electrons. The normalized spacial score (nSPS) is 15.9. The SMILES string of the molecule is CC/N=C\CC(OC)[C@H](C)N(C)/N=N\C(C)C. The number of hydrogen-bond acceptors (Lipinski definition) is 4. The van der Waals surface area contributed by atoms with Crippen molar-refractivity contribution < 1.29 is 4.74 Å². The van der Waals surface area contributed by atoms with Crippen molar-refractivity contribution in [2.75, 3.05) is 20.7 Å². The quantitative estimate of drug-likeness (QED) is 0.373. The molecule has 5 heteroatoms. The molecule has 0 fully saturated rings. The van der Waals surface area contributed by atoms with Crippen molar-refractivity contribution in [3.05, 3.63) is 0 Å². The van der Waals surface area contributed by atoms with Gasteiger partial charge >= 0.3 is 0 Å². The lowest BCUT2D eigenvalue weighted by Crippen LogP contribution is -2.37. The molecule has 0 aliphatic heterocycles. The van der Waals surface area contributed by atoms with Gasteiger partial charge in [0.2, 0.25) is 0 Å². The highest BCUT2D eigenvalue weighted by atomic mass is 16.5. The summed E-state index contributed by atoms with van der Waals surface area (Å²) in [5.41, 5.74) is 0. The summed E-state index contributed by atoms with van der Waals surface area (Å²) in [6.07, 6.45) is 2.80. The van der Waals surface area contributed by atoms with Crippen LogP contribution in [-0.2, 0) is 4.74 Å². The molecule has 0 aromatic rings. The van der Waals surface area contributed by atoms with Crippen molar-refractivity contribution in [1.29, 1.82) is 0 Å². The van der Waals surface area contributed by atoms with Crippen molar-refractivity contribution in [3.8, 4) is 0 Å². The Morgan fingerprint density at radius 2 is 1.94 bits per heavy atom. The second-order valence-electron chi connectivity index (χ2n) is 4.30. The number of likely N-dealkylation sites (N-methyl/N-ethyl adjacent to an activating group) is 1. The van der Waals surface area contributed by atoms with E-state index in [4.69, 9.17) is 4.74 Å². The number of methoxy groups -OCH3 is 1. The summed E-state index contributed by atoms with van der Waals surface area (Å²) in [4.78, 5) is 4.20. The predicted octanol–water partition coefficient (Wildman–Crippen LogP) is 2.58. The first-order valence-corrected chi connectivity index (χ1v) is 6.17. The van der Waals surface area contributed by atoms with Crippen LogP contribution in [0.2, 0.25) is 0 Å². The van der Waals surface area contributed by atoms with Crippen LogP contribution in [0.5, 0.6) is 0 Å². The Morgan fingerprint density at radius 3 is 2.41 bits per heavy atom. The molecule has 0 heterocycles. The zero-order valence-corrected chi connectivity index (χ0v) is 11.9. The molecule has 17 heavy (non-hydrogen) atoms. The first kappa shape index (κ1) is 16.0. The number of ether oxygens (including phenoxy) is 1. The van der Waals surface area contributed by atoms with Gasteiger partial charge in [-0.1, -0.05) is 5.22 Å². The molecule has 2 atom stereocenters.